The first-order valence-electron chi connectivity index (χ1n) is 6.67. The Morgan fingerprint density at radius 3 is 2.52 bits per heavy atom. The number of aryl methyl sites for hydroxylation is 1. The van der Waals surface area contributed by atoms with Crippen molar-refractivity contribution in [2.45, 2.75) is 13.3 Å². The van der Waals surface area contributed by atoms with E-state index in [-0.39, 0.29) is 0 Å². The van der Waals surface area contributed by atoms with E-state index in [0.717, 1.165) is 29.8 Å². The van der Waals surface area contributed by atoms with Gasteiger partial charge in [0.1, 0.15) is 0 Å². The fourth-order valence-corrected chi connectivity index (χ4v) is 2.06. The molecule has 4 nitrogen and oxygen atoms in total. The molecule has 0 saturated carbocycles. The highest BCUT2D eigenvalue weighted by molar-refractivity contribution is 5.87. The summed E-state index contributed by atoms with van der Waals surface area (Å²) in [7, 11) is 0. The molecule has 0 amide bonds. The third kappa shape index (κ3) is 3.83. The lowest BCUT2D eigenvalue weighted by Crippen LogP contribution is -2.05. The van der Waals surface area contributed by atoms with Gasteiger partial charge in [-0.25, -0.2) is 4.79 Å². The Morgan fingerprint density at radius 2 is 1.95 bits per heavy atom. The molecule has 2 rings (SSSR count). The molecule has 4 heteroatoms. The van der Waals surface area contributed by atoms with Crippen molar-refractivity contribution in [2.24, 2.45) is 0 Å². The molecule has 0 radical (unpaired) electrons. The Labute approximate surface area is 123 Å². The highest BCUT2D eigenvalue weighted by Crippen LogP contribution is 2.14. The number of nitrogens with one attached hydrogen (secondary N) is 1. The summed E-state index contributed by atoms with van der Waals surface area (Å²) < 4.78 is 0. The molecule has 0 aliphatic carbocycles. The second kappa shape index (κ2) is 6.58. The number of carbonyl (C=O) groups is 1. The molecule has 0 atom stereocenters. The fourth-order valence-electron chi connectivity index (χ4n) is 2.06. The first kappa shape index (κ1) is 14.6. The van der Waals surface area contributed by atoms with E-state index in [2.05, 4.69) is 11.4 Å². The summed E-state index contributed by atoms with van der Waals surface area (Å²) in [5.41, 5.74) is 4.00. The Hall–Kier alpha value is -2.80. The van der Waals surface area contributed by atoms with Gasteiger partial charge in [-0.15, -0.1) is 0 Å². The van der Waals surface area contributed by atoms with Crippen molar-refractivity contribution in [3.63, 3.8) is 0 Å². The maximum absolute atomic E-state index is 10.8. The second-order valence-corrected chi connectivity index (χ2v) is 4.82. The first-order chi connectivity index (χ1) is 10.1. The van der Waals surface area contributed by atoms with Crippen LogP contribution < -0.4 is 5.32 Å². The van der Waals surface area contributed by atoms with Gasteiger partial charge >= 0.3 is 5.97 Å². The van der Waals surface area contributed by atoms with Gasteiger partial charge in [0.15, 0.2) is 0 Å². The third-order valence-corrected chi connectivity index (χ3v) is 3.29. The molecule has 0 aliphatic rings. The Kier molecular flexibility index (Phi) is 4.57. The van der Waals surface area contributed by atoms with Gasteiger partial charge in [0, 0.05) is 12.2 Å². The van der Waals surface area contributed by atoms with Crippen LogP contribution in [0.1, 0.15) is 27.0 Å². The van der Waals surface area contributed by atoms with Gasteiger partial charge in [-0.3, -0.25) is 0 Å². The van der Waals surface area contributed by atoms with Crippen LogP contribution in [-0.4, -0.2) is 17.6 Å². The molecule has 21 heavy (non-hydrogen) atoms. The predicted octanol–water partition coefficient (Wildman–Crippen LogP) is 3.22. The molecule has 0 fully saturated rings. The monoisotopic (exact) mass is 280 g/mol. The number of hydrogen-bond donors (Lipinski definition) is 2. The smallest absolute Gasteiger partial charge is 0.335 e. The molecule has 0 spiro atoms. The average Bonchev–Trinajstić information content (AvgIpc) is 2.48. The van der Waals surface area contributed by atoms with Crippen LogP contribution in [0.25, 0.3) is 0 Å². The Bertz CT molecular complexity index is 685. The summed E-state index contributed by atoms with van der Waals surface area (Å²) in [6.45, 7) is 2.66. The van der Waals surface area contributed by atoms with Gasteiger partial charge in [0.2, 0.25) is 0 Å². The van der Waals surface area contributed by atoms with E-state index in [9.17, 15) is 4.79 Å². The summed E-state index contributed by atoms with van der Waals surface area (Å²) in [6, 6.07) is 14.7. The molecular formula is C17H16N2O2. The standard InChI is InChI=1S/C17H16N2O2/c1-12-10-16(7-6-15(12)11-18)19-9-8-13-2-4-14(5-3-13)17(20)21/h2-7,10,19H,8-9H2,1H3,(H,20,21). The van der Waals surface area contributed by atoms with Crippen molar-refractivity contribution in [1.29, 1.82) is 5.26 Å². The molecule has 0 heterocycles. The van der Waals surface area contributed by atoms with E-state index >= 15 is 0 Å². The number of nitriles is 1. The molecular weight excluding hydrogens is 264 g/mol. The molecule has 2 aromatic carbocycles. The van der Waals surface area contributed by atoms with E-state index < -0.39 is 5.97 Å². The summed E-state index contributed by atoms with van der Waals surface area (Å²) in [6.07, 6.45) is 0.805. The SMILES string of the molecule is Cc1cc(NCCc2ccc(C(=O)O)cc2)ccc1C#N. The van der Waals surface area contributed by atoms with Crippen LogP contribution in [-0.2, 0) is 6.42 Å². The Morgan fingerprint density at radius 1 is 1.24 bits per heavy atom. The van der Waals surface area contributed by atoms with Crippen LogP contribution in [0.2, 0.25) is 0 Å². The zero-order chi connectivity index (χ0) is 15.2. The van der Waals surface area contributed by atoms with Crippen molar-refractivity contribution in [2.75, 3.05) is 11.9 Å². The van der Waals surface area contributed by atoms with Crippen molar-refractivity contribution in [3.8, 4) is 6.07 Å². The number of rotatable bonds is 5. The number of benzene rings is 2. The summed E-state index contributed by atoms with van der Waals surface area (Å²) in [5, 5.41) is 21.0. The summed E-state index contributed by atoms with van der Waals surface area (Å²) in [5.74, 6) is -0.910. The van der Waals surface area contributed by atoms with Crippen LogP contribution in [0.5, 0.6) is 0 Å². The number of anilines is 1. The quantitative estimate of drug-likeness (QED) is 0.882. The fraction of sp³-hybridized carbons (Fsp3) is 0.176. The average molecular weight is 280 g/mol. The van der Waals surface area contributed by atoms with Gasteiger partial charge in [0.25, 0.3) is 0 Å². The zero-order valence-electron chi connectivity index (χ0n) is 11.8. The molecule has 106 valence electrons. The Balaban J connectivity index is 1.91. The highest BCUT2D eigenvalue weighted by Gasteiger charge is 2.02. The zero-order valence-corrected chi connectivity index (χ0v) is 11.8. The minimum atomic E-state index is -0.910. The second-order valence-electron chi connectivity index (χ2n) is 4.82. The molecule has 0 aliphatic heterocycles. The maximum atomic E-state index is 10.8. The van der Waals surface area contributed by atoms with Crippen molar-refractivity contribution in [1.82, 2.24) is 0 Å². The number of aromatic carboxylic acids is 1. The van der Waals surface area contributed by atoms with Crippen LogP contribution in [0.15, 0.2) is 42.5 Å². The number of carboxylic acids is 1. The normalized spacial score (nSPS) is 9.90. The van der Waals surface area contributed by atoms with Gasteiger partial charge < -0.3 is 10.4 Å². The molecule has 2 N–H and O–H groups in total. The lowest BCUT2D eigenvalue weighted by Gasteiger charge is -2.08. The lowest BCUT2D eigenvalue weighted by atomic mass is 10.1. The largest absolute Gasteiger partial charge is 0.478 e. The number of nitrogens with zero attached hydrogens (tertiary/aromatic N) is 1. The summed E-state index contributed by atoms with van der Waals surface area (Å²) in [4.78, 5) is 10.8. The van der Waals surface area contributed by atoms with Gasteiger partial charge in [-0.2, -0.15) is 5.26 Å². The third-order valence-electron chi connectivity index (χ3n) is 3.29. The minimum Gasteiger partial charge on any atom is -0.478 e. The molecule has 0 aromatic heterocycles. The molecule has 0 unspecified atom stereocenters. The highest BCUT2D eigenvalue weighted by atomic mass is 16.4. The minimum absolute atomic E-state index is 0.300. The maximum Gasteiger partial charge on any atom is 0.335 e. The van der Waals surface area contributed by atoms with E-state index in [0.29, 0.717) is 11.1 Å². The van der Waals surface area contributed by atoms with E-state index in [4.69, 9.17) is 10.4 Å². The van der Waals surface area contributed by atoms with Crippen LogP contribution in [0.3, 0.4) is 0 Å². The predicted molar refractivity (Wildman–Crippen MR) is 81.5 cm³/mol. The van der Waals surface area contributed by atoms with Gasteiger partial charge in [-0.05, 0) is 54.8 Å². The van der Waals surface area contributed by atoms with E-state index in [1.807, 2.05) is 31.2 Å². The van der Waals surface area contributed by atoms with Crippen molar-refractivity contribution >= 4 is 11.7 Å². The van der Waals surface area contributed by atoms with Gasteiger partial charge in [0.05, 0.1) is 17.2 Å². The van der Waals surface area contributed by atoms with Crippen LogP contribution >= 0.6 is 0 Å². The lowest BCUT2D eigenvalue weighted by molar-refractivity contribution is 0.0697. The first-order valence-corrected chi connectivity index (χ1v) is 6.67. The van der Waals surface area contributed by atoms with Gasteiger partial charge in [-0.1, -0.05) is 12.1 Å². The molecule has 0 saturated heterocycles. The molecule has 2 aromatic rings. The number of carboxylic acid groups (broad SMARTS) is 1. The topological polar surface area (TPSA) is 73.1 Å². The molecule has 0 bridgehead atoms. The van der Waals surface area contributed by atoms with Crippen LogP contribution in [0.4, 0.5) is 5.69 Å². The summed E-state index contributed by atoms with van der Waals surface area (Å²) >= 11 is 0. The van der Waals surface area contributed by atoms with E-state index in [1.165, 1.54) is 0 Å². The van der Waals surface area contributed by atoms with Crippen molar-refractivity contribution in [3.05, 3.63) is 64.7 Å². The van der Waals surface area contributed by atoms with E-state index in [1.54, 1.807) is 18.2 Å². The number of hydrogen-bond acceptors (Lipinski definition) is 3. The van der Waals surface area contributed by atoms with Crippen LogP contribution in [0, 0.1) is 18.3 Å². The van der Waals surface area contributed by atoms with Crippen molar-refractivity contribution < 1.29 is 9.90 Å².